The Hall–Kier alpha value is -2.81. The molecule has 0 atom stereocenters. The Balaban J connectivity index is 1.97. The lowest BCUT2D eigenvalue weighted by Crippen LogP contribution is -2.34. The van der Waals surface area contributed by atoms with Crippen molar-refractivity contribution in [1.82, 2.24) is 4.90 Å². The summed E-state index contributed by atoms with van der Waals surface area (Å²) in [5.41, 5.74) is 3.99. The third-order valence-corrected chi connectivity index (χ3v) is 4.47. The number of nitrogens with one attached hydrogen (secondary N) is 3. The largest absolute Gasteiger partial charge is 0.508 e. The number of aromatic hydroxyl groups is 1. The zero-order valence-electron chi connectivity index (χ0n) is 16.7. The van der Waals surface area contributed by atoms with Crippen molar-refractivity contribution in [2.45, 2.75) is 6.92 Å². The summed E-state index contributed by atoms with van der Waals surface area (Å²) < 4.78 is 0. The number of aryl methyl sites for hydroxylation is 1. The third kappa shape index (κ3) is 7.26. The van der Waals surface area contributed by atoms with Crippen molar-refractivity contribution in [2.24, 2.45) is 0 Å². The molecule has 0 aliphatic rings. The van der Waals surface area contributed by atoms with Crippen LogP contribution in [0.25, 0.3) is 0 Å². The molecule has 0 bridgehead atoms. The zero-order chi connectivity index (χ0) is 21.1. The molecular formula is C21H30N4O4. The number of aliphatic hydroxyl groups is 2. The molecule has 0 amide bonds. The van der Waals surface area contributed by atoms with Crippen LogP contribution in [0.15, 0.2) is 36.4 Å². The Morgan fingerprint density at radius 1 is 0.931 bits per heavy atom. The highest BCUT2D eigenvalue weighted by molar-refractivity contribution is 5.78. The first-order valence-electron chi connectivity index (χ1n) is 9.63. The summed E-state index contributed by atoms with van der Waals surface area (Å²) in [7, 11) is 0. The van der Waals surface area contributed by atoms with Crippen LogP contribution >= 0.6 is 0 Å². The van der Waals surface area contributed by atoms with E-state index in [4.69, 9.17) is 10.2 Å². The highest BCUT2D eigenvalue weighted by Gasteiger charge is 2.08. The maximum atomic E-state index is 10.7. The van der Waals surface area contributed by atoms with E-state index in [2.05, 4.69) is 16.0 Å². The van der Waals surface area contributed by atoms with Gasteiger partial charge in [-0.2, -0.15) is 0 Å². The first-order valence-corrected chi connectivity index (χ1v) is 9.63. The molecule has 0 unspecified atom stereocenters. The summed E-state index contributed by atoms with van der Waals surface area (Å²) in [6.45, 7) is 4.61. The van der Waals surface area contributed by atoms with Gasteiger partial charge in [-0.15, -0.1) is 0 Å². The second-order valence-corrected chi connectivity index (χ2v) is 6.65. The Morgan fingerprint density at radius 2 is 1.59 bits per heavy atom. The summed E-state index contributed by atoms with van der Waals surface area (Å²) in [6, 6.07) is 11.2. The van der Waals surface area contributed by atoms with Crippen molar-refractivity contribution in [1.29, 1.82) is 0 Å². The molecule has 8 nitrogen and oxygen atoms in total. The molecule has 0 spiro atoms. The minimum atomic E-state index is 0.0702. The number of rotatable bonds is 13. The number of carbonyl (C=O) groups excluding carboxylic acids is 1. The Labute approximate surface area is 171 Å². The van der Waals surface area contributed by atoms with Gasteiger partial charge in [0.05, 0.1) is 31.1 Å². The highest BCUT2D eigenvalue weighted by Crippen LogP contribution is 2.32. The number of phenols is 1. The van der Waals surface area contributed by atoms with E-state index in [1.54, 1.807) is 6.07 Å². The van der Waals surface area contributed by atoms with E-state index in [1.165, 1.54) is 0 Å². The van der Waals surface area contributed by atoms with E-state index in [9.17, 15) is 9.90 Å². The molecule has 0 heterocycles. The van der Waals surface area contributed by atoms with Gasteiger partial charge in [0, 0.05) is 43.6 Å². The van der Waals surface area contributed by atoms with Gasteiger partial charge in [-0.05, 0) is 42.8 Å². The van der Waals surface area contributed by atoms with Gasteiger partial charge < -0.3 is 36.1 Å². The van der Waals surface area contributed by atoms with Crippen LogP contribution in [0.3, 0.4) is 0 Å². The molecule has 158 valence electrons. The van der Waals surface area contributed by atoms with Gasteiger partial charge in [0.15, 0.2) is 0 Å². The smallest absolute Gasteiger partial charge is 0.139 e. The van der Waals surface area contributed by atoms with Crippen LogP contribution in [0.4, 0.5) is 22.7 Å². The topological polar surface area (TPSA) is 117 Å². The van der Waals surface area contributed by atoms with Crippen molar-refractivity contribution < 1.29 is 20.1 Å². The van der Waals surface area contributed by atoms with E-state index in [0.29, 0.717) is 25.3 Å². The van der Waals surface area contributed by atoms with Gasteiger partial charge in [0.1, 0.15) is 12.0 Å². The normalized spacial score (nSPS) is 10.8. The minimum Gasteiger partial charge on any atom is -0.508 e. The van der Waals surface area contributed by atoms with Crippen LogP contribution < -0.4 is 16.0 Å². The summed E-state index contributed by atoms with van der Waals surface area (Å²) in [5.74, 6) is 0.167. The molecule has 0 saturated carbocycles. The van der Waals surface area contributed by atoms with Crippen molar-refractivity contribution >= 4 is 29.0 Å². The van der Waals surface area contributed by atoms with Crippen LogP contribution in [-0.2, 0) is 4.79 Å². The SMILES string of the molecule is Cc1cc(Nc2ccc(NCCN(CCO)CCO)cc2)c(NCC=O)cc1O. The van der Waals surface area contributed by atoms with E-state index < -0.39 is 0 Å². The van der Waals surface area contributed by atoms with Crippen molar-refractivity contribution in [3.8, 4) is 5.75 Å². The zero-order valence-corrected chi connectivity index (χ0v) is 16.7. The first kappa shape index (κ1) is 22.5. The van der Waals surface area contributed by atoms with Crippen LogP contribution in [0, 0.1) is 6.92 Å². The average molecular weight is 402 g/mol. The standard InChI is InChI=1S/C21H30N4O4/c1-16-14-20(19(15-21(16)29)23-7-11-26)24-18-4-2-17(3-5-18)22-6-8-25(9-12-27)10-13-28/h2-5,11,14-15,22-24,27-29H,6-10,12-13H2,1H3. The quantitative estimate of drug-likeness (QED) is 0.222. The lowest BCUT2D eigenvalue weighted by molar-refractivity contribution is -0.106. The predicted molar refractivity (Wildman–Crippen MR) is 116 cm³/mol. The number of anilines is 4. The molecule has 0 aliphatic heterocycles. The lowest BCUT2D eigenvalue weighted by atomic mass is 10.1. The number of aliphatic hydroxyl groups excluding tert-OH is 2. The van der Waals surface area contributed by atoms with Gasteiger partial charge in [0.25, 0.3) is 0 Å². The van der Waals surface area contributed by atoms with E-state index >= 15 is 0 Å². The maximum Gasteiger partial charge on any atom is 0.139 e. The molecule has 0 aliphatic carbocycles. The number of hydrogen-bond donors (Lipinski definition) is 6. The van der Waals surface area contributed by atoms with E-state index in [1.807, 2.05) is 42.2 Å². The van der Waals surface area contributed by atoms with Crippen LogP contribution in [0.2, 0.25) is 0 Å². The summed E-state index contributed by atoms with van der Waals surface area (Å²) in [5, 5.41) is 37.6. The number of nitrogens with zero attached hydrogens (tertiary/aromatic N) is 1. The second kappa shape index (κ2) is 11.9. The Kier molecular flexibility index (Phi) is 9.23. The molecular weight excluding hydrogens is 372 g/mol. The molecule has 0 fully saturated rings. The number of benzene rings is 2. The molecule has 2 aromatic carbocycles. The van der Waals surface area contributed by atoms with Crippen LogP contribution in [-0.4, -0.2) is 72.4 Å². The van der Waals surface area contributed by atoms with Crippen molar-refractivity contribution in [3.05, 3.63) is 42.0 Å². The van der Waals surface area contributed by atoms with Crippen molar-refractivity contribution in [3.63, 3.8) is 0 Å². The highest BCUT2D eigenvalue weighted by atomic mass is 16.3. The van der Waals surface area contributed by atoms with Gasteiger partial charge >= 0.3 is 0 Å². The number of phenolic OH excluding ortho intramolecular Hbond substituents is 1. The molecule has 6 N–H and O–H groups in total. The number of hydrogen-bond acceptors (Lipinski definition) is 8. The Bertz CT molecular complexity index is 762. The van der Waals surface area contributed by atoms with Gasteiger partial charge in [0.2, 0.25) is 0 Å². The fraction of sp³-hybridized carbons (Fsp3) is 0.381. The monoisotopic (exact) mass is 402 g/mol. The average Bonchev–Trinajstić information content (AvgIpc) is 2.71. The summed E-state index contributed by atoms with van der Waals surface area (Å²) in [4.78, 5) is 12.6. The fourth-order valence-electron chi connectivity index (χ4n) is 2.90. The maximum absolute atomic E-state index is 10.7. The van der Waals surface area contributed by atoms with Crippen LogP contribution in [0.5, 0.6) is 5.75 Å². The predicted octanol–water partition coefficient (Wildman–Crippen LogP) is 1.75. The van der Waals surface area contributed by atoms with Gasteiger partial charge in [-0.1, -0.05) is 0 Å². The summed E-state index contributed by atoms with van der Waals surface area (Å²) in [6.07, 6.45) is 0.767. The van der Waals surface area contributed by atoms with Crippen molar-refractivity contribution in [2.75, 3.05) is 61.9 Å². The summed E-state index contributed by atoms with van der Waals surface area (Å²) >= 11 is 0. The van der Waals surface area contributed by atoms with E-state index in [-0.39, 0.29) is 25.5 Å². The number of aldehydes is 1. The molecule has 0 aromatic heterocycles. The first-order chi connectivity index (χ1) is 14.1. The number of carbonyl (C=O) groups is 1. The fourth-order valence-corrected chi connectivity index (χ4v) is 2.90. The Morgan fingerprint density at radius 3 is 2.21 bits per heavy atom. The molecule has 29 heavy (non-hydrogen) atoms. The lowest BCUT2D eigenvalue weighted by Gasteiger charge is -2.20. The third-order valence-electron chi connectivity index (χ3n) is 4.47. The van der Waals surface area contributed by atoms with E-state index in [0.717, 1.165) is 35.5 Å². The van der Waals surface area contributed by atoms with Gasteiger partial charge in [-0.25, -0.2) is 0 Å². The second-order valence-electron chi connectivity index (χ2n) is 6.65. The molecule has 0 radical (unpaired) electrons. The molecule has 0 saturated heterocycles. The van der Waals surface area contributed by atoms with Crippen LogP contribution in [0.1, 0.15) is 5.56 Å². The molecule has 8 heteroatoms. The molecule has 2 rings (SSSR count). The molecule has 2 aromatic rings. The van der Waals surface area contributed by atoms with Gasteiger partial charge in [-0.3, -0.25) is 4.90 Å². The minimum absolute atomic E-state index is 0.0702.